The molecule has 0 saturated carbocycles. The molecule has 3 aromatic carbocycles. The standard InChI is InChI=1S/C41H46N6O5/c1-2-3-17-38(39(48)44-24-22-34-16-10-11-23-43-34)47(27-31-18-20-36(21-19-31)51-28-32-12-6-4-7-13-32)40(49)37(25-35-26-42-30-45-35)46-41(50)52-29-33-14-8-5-9-15-33/h4-16,18-21,23,26,30,37-38H,2-3,17,22,24-25,27-29H2,1H3,(H,42,45)(H,44,48)(H,46,50). The average molecular weight is 703 g/mol. The van der Waals surface area contributed by atoms with Crippen LogP contribution < -0.4 is 15.4 Å². The number of aromatic amines is 1. The number of ether oxygens (including phenoxy) is 2. The first-order valence-corrected chi connectivity index (χ1v) is 17.7. The molecule has 2 aromatic heterocycles. The normalized spacial score (nSPS) is 11.9. The fourth-order valence-corrected chi connectivity index (χ4v) is 5.70. The molecule has 3 amide bonds. The number of hydrogen-bond donors (Lipinski definition) is 3. The molecular formula is C41H46N6O5. The third-order valence-electron chi connectivity index (χ3n) is 8.51. The van der Waals surface area contributed by atoms with Gasteiger partial charge in [-0.1, -0.05) is 98.6 Å². The number of amides is 3. The van der Waals surface area contributed by atoms with E-state index in [4.69, 9.17) is 9.47 Å². The quantitative estimate of drug-likeness (QED) is 0.0936. The third kappa shape index (κ3) is 11.8. The van der Waals surface area contributed by atoms with Gasteiger partial charge in [-0.25, -0.2) is 9.78 Å². The molecule has 0 saturated heterocycles. The lowest BCUT2D eigenvalue weighted by Gasteiger charge is -2.34. The van der Waals surface area contributed by atoms with E-state index in [1.165, 1.54) is 6.33 Å². The maximum atomic E-state index is 14.7. The van der Waals surface area contributed by atoms with E-state index in [0.29, 0.717) is 43.9 Å². The van der Waals surface area contributed by atoms with Crippen LogP contribution >= 0.6 is 0 Å². The number of aromatic nitrogens is 3. The number of alkyl carbamates (subject to hydrolysis) is 1. The second-order valence-corrected chi connectivity index (χ2v) is 12.4. The highest BCUT2D eigenvalue weighted by Gasteiger charge is 2.35. The minimum absolute atomic E-state index is 0.0395. The Labute approximate surface area is 304 Å². The van der Waals surface area contributed by atoms with E-state index in [-0.39, 0.29) is 25.5 Å². The van der Waals surface area contributed by atoms with Gasteiger partial charge in [0.15, 0.2) is 0 Å². The number of carbonyl (C=O) groups is 3. The van der Waals surface area contributed by atoms with Crippen LogP contribution in [0.1, 0.15) is 54.3 Å². The molecule has 11 nitrogen and oxygen atoms in total. The van der Waals surface area contributed by atoms with Crippen molar-refractivity contribution >= 4 is 17.9 Å². The molecule has 0 aliphatic rings. The summed E-state index contributed by atoms with van der Waals surface area (Å²) in [4.78, 5) is 54.9. The Morgan fingerprint density at radius 1 is 0.846 bits per heavy atom. The maximum absolute atomic E-state index is 14.7. The Morgan fingerprint density at radius 3 is 2.21 bits per heavy atom. The lowest BCUT2D eigenvalue weighted by Crippen LogP contribution is -2.56. The highest BCUT2D eigenvalue weighted by atomic mass is 16.5. The van der Waals surface area contributed by atoms with Gasteiger partial charge in [-0.05, 0) is 47.4 Å². The number of carbonyl (C=O) groups excluding carboxylic acids is 3. The maximum Gasteiger partial charge on any atom is 0.408 e. The monoisotopic (exact) mass is 702 g/mol. The van der Waals surface area contributed by atoms with Crippen LogP contribution in [-0.2, 0) is 46.9 Å². The average Bonchev–Trinajstić information content (AvgIpc) is 3.70. The van der Waals surface area contributed by atoms with Crippen LogP contribution in [0.3, 0.4) is 0 Å². The van der Waals surface area contributed by atoms with E-state index in [0.717, 1.165) is 28.8 Å². The first-order valence-electron chi connectivity index (χ1n) is 17.7. The van der Waals surface area contributed by atoms with Gasteiger partial charge in [0.2, 0.25) is 11.8 Å². The number of imidazole rings is 1. The predicted molar refractivity (Wildman–Crippen MR) is 198 cm³/mol. The molecule has 0 aliphatic heterocycles. The molecule has 0 bridgehead atoms. The summed E-state index contributed by atoms with van der Waals surface area (Å²) in [5, 5.41) is 5.83. The zero-order valence-electron chi connectivity index (χ0n) is 29.4. The molecule has 0 aliphatic carbocycles. The van der Waals surface area contributed by atoms with Gasteiger partial charge in [-0.15, -0.1) is 0 Å². The second kappa shape index (κ2) is 20.0. The van der Waals surface area contributed by atoms with Gasteiger partial charge in [-0.3, -0.25) is 14.6 Å². The number of hydrogen-bond acceptors (Lipinski definition) is 7. The van der Waals surface area contributed by atoms with Crippen LogP contribution in [0.15, 0.2) is 122 Å². The van der Waals surface area contributed by atoms with Crippen LogP contribution in [0, 0.1) is 0 Å². The lowest BCUT2D eigenvalue weighted by atomic mass is 10.0. The molecule has 52 heavy (non-hydrogen) atoms. The molecule has 2 atom stereocenters. The van der Waals surface area contributed by atoms with E-state index in [1.54, 1.807) is 17.3 Å². The largest absolute Gasteiger partial charge is 0.489 e. The summed E-state index contributed by atoms with van der Waals surface area (Å²) in [6.45, 7) is 2.99. The summed E-state index contributed by atoms with van der Waals surface area (Å²) < 4.78 is 11.5. The van der Waals surface area contributed by atoms with Crippen molar-refractivity contribution < 1.29 is 23.9 Å². The molecule has 270 valence electrons. The number of H-pyrrole nitrogens is 1. The minimum atomic E-state index is -1.05. The molecule has 0 radical (unpaired) electrons. The smallest absolute Gasteiger partial charge is 0.408 e. The van der Waals surface area contributed by atoms with Gasteiger partial charge in [0, 0.05) is 49.7 Å². The van der Waals surface area contributed by atoms with Gasteiger partial charge >= 0.3 is 6.09 Å². The van der Waals surface area contributed by atoms with E-state index in [1.807, 2.05) is 110 Å². The summed E-state index contributed by atoms with van der Waals surface area (Å²) >= 11 is 0. The minimum Gasteiger partial charge on any atom is -0.489 e. The summed E-state index contributed by atoms with van der Waals surface area (Å²) in [5.74, 6) is -0.00985. The van der Waals surface area contributed by atoms with E-state index >= 15 is 0 Å². The van der Waals surface area contributed by atoms with Gasteiger partial charge in [0.05, 0.1) is 6.33 Å². The van der Waals surface area contributed by atoms with Crippen LogP contribution in [0.4, 0.5) is 4.79 Å². The van der Waals surface area contributed by atoms with Crippen molar-refractivity contribution in [3.8, 4) is 5.75 Å². The molecule has 5 aromatic rings. The Kier molecular flexibility index (Phi) is 14.4. The number of pyridine rings is 1. The van der Waals surface area contributed by atoms with Crippen molar-refractivity contribution in [2.45, 2.75) is 70.9 Å². The lowest BCUT2D eigenvalue weighted by molar-refractivity contribution is -0.143. The first-order chi connectivity index (χ1) is 25.5. The SMILES string of the molecule is CCCCC(C(=O)NCCc1ccccn1)N(Cc1ccc(OCc2ccccc2)cc1)C(=O)C(Cc1cnc[nH]1)NC(=O)OCc1ccccc1. The summed E-state index contributed by atoms with van der Waals surface area (Å²) in [6.07, 6.45) is 6.74. The molecule has 0 fully saturated rings. The van der Waals surface area contributed by atoms with Crippen molar-refractivity contribution in [3.05, 3.63) is 150 Å². The second-order valence-electron chi connectivity index (χ2n) is 12.4. The fraction of sp³-hybridized carbons (Fsp3) is 0.293. The van der Waals surface area contributed by atoms with Crippen LogP contribution in [0.25, 0.3) is 0 Å². The summed E-state index contributed by atoms with van der Waals surface area (Å²) in [5.41, 5.74) is 4.16. The van der Waals surface area contributed by atoms with Crippen molar-refractivity contribution in [2.24, 2.45) is 0 Å². The Hall–Kier alpha value is -5.97. The summed E-state index contributed by atoms with van der Waals surface area (Å²) in [7, 11) is 0. The van der Waals surface area contributed by atoms with Gasteiger partial charge in [-0.2, -0.15) is 0 Å². The number of benzene rings is 3. The first kappa shape index (κ1) is 37.3. The Balaban J connectivity index is 1.38. The van der Waals surface area contributed by atoms with Gasteiger partial charge in [0.1, 0.15) is 31.0 Å². The van der Waals surface area contributed by atoms with E-state index in [9.17, 15) is 14.4 Å². The molecule has 5 rings (SSSR count). The zero-order chi connectivity index (χ0) is 36.4. The van der Waals surface area contributed by atoms with Crippen molar-refractivity contribution in [1.29, 1.82) is 0 Å². The number of unbranched alkanes of at least 4 members (excludes halogenated alkanes) is 1. The highest BCUT2D eigenvalue weighted by Crippen LogP contribution is 2.20. The van der Waals surface area contributed by atoms with Crippen molar-refractivity contribution in [3.63, 3.8) is 0 Å². The molecular weight excluding hydrogens is 656 g/mol. The van der Waals surface area contributed by atoms with Crippen molar-refractivity contribution in [2.75, 3.05) is 6.54 Å². The fourth-order valence-electron chi connectivity index (χ4n) is 5.70. The van der Waals surface area contributed by atoms with Crippen molar-refractivity contribution in [1.82, 2.24) is 30.5 Å². The number of nitrogens with one attached hydrogen (secondary N) is 3. The Morgan fingerprint density at radius 2 is 1.56 bits per heavy atom. The van der Waals surface area contributed by atoms with Crippen LogP contribution in [-0.4, -0.2) is 56.4 Å². The number of rotatable bonds is 19. The van der Waals surface area contributed by atoms with E-state index in [2.05, 4.69) is 25.6 Å². The molecule has 2 heterocycles. The highest BCUT2D eigenvalue weighted by molar-refractivity contribution is 5.91. The van der Waals surface area contributed by atoms with Crippen LogP contribution in [0.5, 0.6) is 5.75 Å². The topological polar surface area (TPSA) is 139 Å². The molecule has 3 N–H and O–H groups in total. The van der Waals surface area contributed by atoms with Gasteiger partial charge in [0.25, 0.3) is 0 Å². The van der Waals surface area contributed by atoms with Gasteiger partial charge < -0.3 is 30.0 Å². The molecule has 11 heteroatoms. The molecule has 0 spiro atoms. The van der Waals surface area contributed by atoms with E-state index < -0.39 is 24.1 Å². The third-order valence-corrected chi connectivity index (χ3v) is 8.51. The molecule has 2 unspecified atom stereocenters. The zero-order valence-corrected chi connectivity index (χ0v) is 29.4. The predicted octanol–water partition coefficient (Wildman–Crippen LogP) is 6.17. The number of nitrogens with zero attached hydrogens (tertiary/aromatic N) is 3. The van der Waals surface area contributed by atoms with Crippen LogP contribution in [0.2, 0.25) is 0 Å². The Bertz CT molecular complexity index is 1790. The summed E-state index contributed by atoms with van der Waals surface area (Å²) in [6, 6.07) is 30.5.